The Balaban J connectivity index is 1.49. The minimum absolute atomic E-state index is 0.377. The Kier molecular flexibility index (Phi) is 2.10. The van der Waals surface area contributed by atoms with Crippen molar-refractivity contribution in [2.45, 2.75) is 44.1 Å². The molecule has 0 unspecified atom stereocenters. The van der Waals surface area contributed by atoms with Crippen molar-refractivity contribution in [3.63, 3.8) is 0 Å². The van der Waals surface area contributed by atoms with Gasteiger partial charge in [-0.15, -0.1) is 0 Å². The second kappa shape index (κ2) is 3.21. The third-order valence-corrected chi connectivity index (χ3v) is 4.41. The molecule has 0 saturated heterocycles. The lowest BCUT2D eigenvalue weighted by molar-refractivity contribution is 0.348. The minimum atomic E-state index is 0.377. The van der Waals surface area contributed by atoms with Crippen LogP contribution in [-0.4, -0.2) is 18.6 Å². The topological polar surface area (TPSA) is 38.0 Å². The van der Waals surface area contributed by atoms with Gasteiger partial charge in [-0.05, 0) is 62.8 Å². The third-order valence-electron chi connectivity index (χ3n) is 4.41. The molecule has 0 spiro atoms. The van der Waals surface area contributed by atoms with Crippen LogP contribution < -0.4 is 11.1 Å². The molecule has 80 valence electrons. The molecule has 3 saturated carbocycles. The maximum Gasteiger partial charge on any atom is 0.0305 e. The molecule has 0 aromatic carbocycles. The Labute approximate surface area is 86.6 Å². The molecule has 0 aromatic heterocycles. The fourth-order valence-electron chi connectivity index (χ4n) is 2.71. The average molecular weight is 194 g/mol. The predicted molar refractivity (Wildman–Crippen MR) is 58.0 cm³/mol. The molecule has 3 fully saturated rings. The van der Waals surface area contributed by atoms with Crippen LogP contribution in [0.3, 0.4) is 0 Å². The van der Waals surface area contributed by atoms with Crippen LogP contribution in [-0.2, 0) is 0 Å². The van der Waals surface area contributed by atoms with Crippen LogP contribution in [0.2, 0.25) is 0 Å². The molecule has 0 heterocycles. The lowest BCUT2D eigenvalue weighted by Crippen LogP contribution is -2.41. The average Bonchev–Trinajstić information content (AvgIpc) is 3.03. The molecule has 3 aliphatic carbocycles. The van der Waals surface area contributed by atoms with E-state index < -0.39 is 0 Å². The lowest BCUT2D eigenvalue weighted by Gasteiger charge is -2.21. The highest BCUT2D eigenvalue weighted by molar-refractivity contribution is 5.04. The first-order chi connectivity index (χ1) is 6.83. The largest absolute Gasteiger partial charge is 0.329 e. The van der Waals surface area contributed by atoms with Crippen LogP contribution in [0.5, 0.6) is 0 Å². The van der Waals surface area contributed by atoms with Gasteiger partial charge in [-0.3, -0.25) is 0 Å². The van der Waals surface area contributed by atoms with E-state index in [0.717, 1.165) is 24.3 Å². The predicted octanol–water partition coefficient (Wildman–Crippen LogP) is 1.50. The first kappa shape index (κ1) is 9.17. The van der Waals surface area contributed by atoms with Gasteiger partial charge in [0.05, 0.1) is 0 Å². The van der Waals surface area contributed by atoms with Crippen molar-refractivity contribution < 1.29 is 0 Å². The van der Waals surface area contributed by atoms with E-state index in [1.165, 1.54) is 45.1 Å². The van der Waals surface area contributed by atoms with Gasteiger partial charge in [-0.1, -0.05) is 0 Å². The molecule has 3 N–H and O–H groups in total. The van der Waals surface area contributed by atoms with Crippen LogP contribution in [0.25, 0.3) is 0 Å². The summed E-state index contributed by atoms with van der Waals surface area (Å²) in [5, 5.41) is 3.74. The molecular weight excluding hydrogens is 172 g/mol. The minimum Gasteiger partial charge on any atom is -0.329 e. The van der Waals surface area contributed by atoms with Gasteiger partial charge in [0.15, 0.2) is 0 Å². The molecule has 14 heavy (non-hydrogen) atoms. The van der Waals surface area contributed by atoms with Gasteiger partial charge < -0.3 is 11.1 Å². The van der Waals surface area contributed by atoms with Gasteiger partial charge in [0.2, 0.25) is 0 Å². The fourth-order valence-corrected chi connectivity index (χ4v) is 2.71. The van der Waals surface area contributed by atoms with E-state index in [0.29, 0.717) is 5.54 Å². The maximum absolute atomic E-state index is 5.78. The van der Waals surface area contributed by atoms with E-state index in [9.17, 15) is 0 Å². The summed E-state index contributed by atoms with van der Waals surface area (Å²) in [5.74, 6) is 3.14. The van der Waals surface area contributed by atoms with Crippen molar-refractivity contribution in [2.24, 2.45) is 23.5 Å². The van der Waals surface area contributed by atoms with Gasteiger partial charge in [0, 0.05) is 12.1 Å². The molecule has 3 rings (SSSR count). The van der Waals surface area contributed by atoms with E-state index in [1.54, 1.807) is 0 Å². The first-order valence-electron chi connectivity index (χ1n) is 6.28. The number of nitrogens with two attached hydrogens (primary N) is 1. The number of rotatable bonds is 6. The summed E-state index contributed by atoms with van der Waals surface area (Å²) < 4.78 is 0. The monoisotopic (exact) mass is 194 g/mol. The Morgan fingerprint density at radius 3 is 2.07 bits per heavy atom. The van der Waals surface area contributed by atoms with Crippen molar-refractivity contribution in [3.05, 3.63) is 0 Å². The first-order valence-corrected chi connectivity index (χ1v) is 6.28. The molecule has 0 amide bonds. The Hall–Kier alpha value is -0.0800. The summed E-state index contributed by atoms with van der Waals surface area (Å²) in [7, 11) is 0. The molecular formula is C12H22N2. The van der Waals surface area contributed by atoms with E-state index >= 15 is 0 Å². The van der Waals surface area contributed by atoms with Gasteiger partial charge in [0.1, 0.15) is 0 Å². The van der Waals surface area contributed by atoms with Crippen LogP contribution >= 0.6 is 0 Å². The van der Waals surface area contributed by atoms with Crippen LogP contribution in [0, 0.1) is 17.8 Å². The second-order valence-corrected chi connectivity index (χ2v) is 5.70. The summed E-state index contributed by atoms with van der Waals surface area (Å²) in [5.41, 5.74) is 6.15. The molecule has 2 heteroatoms. The Bertz CT molecular complexity index is 202. The zero-order chi connectivity index (χ0) is 9.60. The third kappa shape index (κ3) is 1.82. The number of hydrogen-bond donors (Lipinski definition) is 2. The molecule has 0 radical (unpaired) electrons. The standard InChI is InChI=1S/C12H22N2/c13-8-12(5-6-12)14-7-11(9-1-2-9)10-3-4-10/h9-11,14H,1-8,13H2. The van der Waals surface area contributed by atoms with Gasteiger partial charge in [0.25, 0.3) is 0 Å². The Morgan fingerprint density at radius 2 is 1.71 bits per heavy atom. The van der Waals surface area contributed by atoms with E-state index in [4.69, 9.17) is 5.73 Å². The van der Waals surface area contributed by atoms with Crippen molar-refractivity contribution >= 4 is 0 Å². The maximum atomic E-state index is 5.78. The van der Waals surface area contributed by atoms with Crippen molar-refractivity contribution in [1.82, 2.24) is 5.32 Å². The molecule has 0 atom stereocenters. The fraction of sp³-hybridized carbons (Fsp3) is 1.00. The van der Waals surface area contributed by atoms with Crippen molar-refractivity contribution in [3.8, 4) is 0 Å². The molecule has 0 aromatic rings. The molecule has 2 nitrogen and oxygen atoms in total. The van der Waals surface area contributed by atoms with Crippen LogP contribution in [0.4, 0.5) is 0 Å². The molecule has 0 aliphatic heterocycles. The number of hydrogen-bond acceptors (Lipinski definition) is 2. The van der Waals surface area contributed by atoms with Crippen molar-refractivity contribution in [1.29, 1.82) is 0 Å². The molecule has 0 bridgehead atoms. The highest BCUT2D eigenvalue weighted by Crippen LogP contribution is 2.49. The summed E-state index contributed by atoms with van der Waals surface area (Å²) in [6.07, 6.45) is 8.62. The van der Waals surface area contributed by atoms with E-state index in [1.807, 2.05) is 0 Å². The number of nitrogens with one attached hydrogen (secondary N) is 1. The highest BCUT2D eigenvalue weighted by Gasteiger charge is 2.45. The normalized spacial score (nSPS) is 29.6. The van der Waals surface area contributed by atoms with Gasteiger partial charge >= 0.3 is 0 Å². The second-order valence-electron chi connectivity index (χ2n) is 5.70. The van der Waals surface area contributed by atoms with E-state index in [-0.39, 0.29) is 0 Å². The van der Waals surface area contributed by atoms with Gasteiger partial charge in [-0.2, -0.15) is 0 Å². The van der Waals surface area contributed by atoms with Crippen LogP contribution in [0.15, 0.2) is 0 Å². The summed E-state index contributed by atoms with van der Waals surface area (Å²) >= 11 is 0. The zero-order valence-corrected chi connectivity index (χ0v) is 8.97. The highest BCUT2D eigenvalue weighted by atomic mass is 15.0. The van der Waals surface area contributed by atoms with Crippen LogP contribution in [0.1, 0.15) is 38.5 Å². The summed E-state index contributed by atoms with van der Waals surface area (Å²) in [6, 6.07) is 0. The summed E-state index contributed by atoms with van der Waals surface area (Å²) in [4.78, 5) is 0. The van der Waals surface area contributed by atoms with E-state index in [2.05, 4.69) is 5.32 Å². The SMILES string of the molecule is NCC1(NCC(C2CC2)C2CC2)CC1. The zero-order valence-electron chi connectivity index (χ0n) is 8.97. The summed E-state index contributed by atoms with van der Waals surface area (Å²) in [6.45, 7) is 2.10. The van der Waals surface area contributed by atoms with Crippen molar-refractivity contribution in [2.75, 3.05) is 13.1 Å². The van der Waals surface area contributed by atoms with Gasteiger partial charge in [-0.25, -0.2) is 0 Å². The lowest BCUT2D eigenvalue weighted by atomic mass is 9.97. The quantitative estimate of drug-likeness (QED) is 0.672. The smallest absolute Gasteiger partial charge is 0.0305 e. The molecule has 3 aliphatic rings. The Morgan fingerprint density at radius 1 is 1.14 bits per heavy atom.